The summed E-state index contributed by atoms with van der Waals surface area (Å²) >= 11 is 0. The van der Waals surface area contributed by atoms with Gasteiger partial charge in [0.2, 0.25) is 0 Å². The standard InChI is InChI=1S/C17H16N2O3/c1-22-13-7-8-15-14(9-13)17(21)18-11-19(15)10-16(20)12-5-3-2-4-6-12/h2-9,11,16,20H,10H2,1H3/t16-/m1/s1. The van der Waals surface area contributed by atoms with Gasteiger partial charge in [0, 0.05) is 0 Å². The van der Waals surface area contributed by atoms with Gasteiger partial charge >= 0.3 is 0 Å². The number of ether oxygens (including phenoxy) is 1. The van der Waals surface area contributed by atoms with E-state index in [1.807, 2.05) is 30.3 Å². The van der Waals surface area contributed by atoms with Crippen molar-refractivity contribution in [3.05, 3.63) is 70.8 Å². The molecule has 112 valence electrons. The van der Waals surface area contributed by atoms with E-state index in [9.17, 15) is 9.90 Å². The van der Waals surface area contributed by atoms with Crippen LogP contribution in [0.15, 0.2) is 59.7 Å². The fourth-order valence-electron chi connectivity index (χ4n) is 2.43. The Balaban J connectivity index is 2.01. The molecule has 5 heteroatoms. The quantitative estimate of drug-likeness (QED) is 0.801. The molecule has 0 aliphatic rings. The lowest BCUT2D eigenvalue weighted by Gasteiger charge is -2.15. The van der Waals surface area contributed by atoms with Crippen molar-refractivity contribution in [2.24, 2.45) is 0 Å². The van der Waals surface area contributed by atoms with E-state index in [4.69, 9.17) is 4.74 Å². The fourth-order valence-corrected chi connectivity index (χ4v) is 2.43. The molecule has 0 radical (unpaired) electrons. The Labute approximate surface area is 127 Å². The minimum absolute atomic E-state index is 0.306. The van der Waals surface area contributed by atoms with Crippen LogP contribution >= 0.6 is 0 Å². The molecule has 5 nitrogen and oxygen atoms in total. The van der Waals surface area contributed by atoms with Crippen molar-refractivity contribution < 1.29 is 9.84 Å². The Morgan fingerprint density at radius 2 is 2.00 bits per heavy atom. The third-order valence-electron chi connectivity index (χ3n) is 3.61. The van der Waals surface area contributed by atoms with E-state index in [1.165, 1.54) is 6.33 Å². The zero-order valence-corrected chi connectivity index (χ0v) is 12.1. The van der Waals surface area contributed by atoms with Crippen LogP contribution in [0.5, 0.6) is 5.75 Å². The number of methoxy groups -OCH3 is 1. The first-order valence-corrected chi connectivity index (χ1v) is 6.95. The number of aliphatic hydroxyl groups excluding tert-OH is 1. The highest BCUT2D eigenvalue weighted by Gasteiger charge is 2.11. The predicted molar refractivity (Wildman–Crippen MR) is 84.0 cm³/mol. The largest absolute Gasteiger partial charge is 0.497 e. The van der Waals surface area contributed by atoms with Crippen LogP contribution in [0, 0.1) is 0 Å². The molecule has 0 aliphatic carbocycles. The average Bonchev–Trinajstić information content (AvgIpc) is 2.58. The number of fused-ring (bicyclic) bond motifs is 1. The van der Waals surface area contributed by atoms with Crippen LogP contribution in [-0.2, 0) is 6.54 Å². The van der Waals surface area contributed by atoms with Crippen LogP contribution in [0.2, 0.25) is 0 Å². The van der Waals surface area contributed by atoms with Crippen LogP contribution in [0.1, 0.15) is 11.7 Å². The summed E-state index contributed by atoms with van der Waals surface area (Å²) in [7, 11) is 1.55. The summed E-state index contributed by atoms with van der Waals surface area (Å²) in [5.41, 5.74) is 1.23. The van der Waals surface area contributed by atoms with Crippen molar-refractivity contribution in [1.82, 2.24) is 9.55 Å². The van der Waals surface area contributed by atoms with E-state index < -0.39 is 6.10 Å². The predicted octanol–water partition coefficient (Wildman–Crippen LogP) is 2.14. The minimum atomic E-state index is -0.671. The zero-order chi connectivity index (χ0) is 15.5. The first-order valence-electron chi connectivity index (χ1n) is 6.95. The summed E-state index contributed by atoms with van der Waals surface area (Å²) in [6.45, 7) is 0.320. The highest BCUT2D eigenvalue weighted by atomic mass is 16.5. The van der Waals surface area contributed by atoms with Crippen molar-refractivity contribution in [3.8, 4) is 5.75 Å². The van der Waals surface area contributed by atoms with E-state index in [2.05, 4.69) is 4.98 Å². The van der Waals surface area contributed by atoms with E-state index in [1.54, 1.807) is 29.9 Å². The van der Waals surface area contributed by atoms with E-state index in [0.717, 1.165) is 11.1 Å². The van der Waals surface area contributed by atoms with Gasteiger partial charge in [0.15, 0.2) is 0 Å². The summed E-state index contributed by atoms with van der Waals surface area (Å²) in [6, 6.07) is 14.6. The number of aliphatic hydroxyl groups is 1. The number of rotatable bonds is 4. The molecule has 1 heterocycles. The van der Waals surface area contributed by atoms with Gasteiger partial charge in [-0.05, 0) is 23.8 Å². The van der Waals surface area contributed by atoms with Gasteiger partial charge in [0.1, 0.15) is 5.75 Å². The zero-order valence-electron chi connectivity index (χ0n) is 12.1. The highest BCUT2D eigenvalue weighted by Crippen LogP contribution is 2.20. The molecule has 3 rings (SSSR count). The molecular formula is C17H16N2O3. The second-order valence-corrected chi connectivity index (χ2v) is 5.01. The first-order chi connectivity index (χ1) is 10.7. The topological polar surface area (TPSA) is 64.3 Å². The number of nitrogens with zero attached hydrogens (tertiary/aromatic N) is 2. The van der Waals surface area contributed by atoms with Crippen LogP contribution < -0.4 is 10.3 Å². The molecule has 22 heavy (non-hydrogen) atoms. The van der Waals surface area contributed by atoms with E-state index >= 15 is 0 Å². The van der Waals surface area contributed by atoms with Gasteiger partial charge < -0.3 is 14.4 Å². The maximum absolute atomic E-state index is 11.9. The molecule has 1 N–H and O–H groups in total. The normalized spacial score (nSPS) is 12.3. The Morgan fingerprint density at radius 1 is 1.23 bits per heavy atom. The van der Waals surface area contributed by atoms with Crippen molar-refractivity contribution >= 4 is 10.9 Å². The molecule has 1 atom stereocenters. The molecule has 0 fully saturated rings. The second-order valence-electron chi connectivity index (χ2n) is 5.01. The Bertz CT molecular complexity index is 843. The molecule has 0 saturated carbocycles. The van der Waals surface area contributed by atoms with Crippen molar-refractivity contribution in [2.75, 3.05) is 7.11 Å². The second kappa shape index (κ2) is 5.99. The molecular weight excluding hydrogens is 280 g/mol. The summed E-state index contributed by atoms with van der Waals surface area (Å²) in [6.07, 6.45) is 0.791. The van der Waals surface area contributed by atoms with Gasteiger partial charge in [0.05, 0.1) is 37.0 Å². The maximum atomic E-state index is 11.9. The van der Waals surface area contributed by atoms with Gasteiger partial charge in [-0.3, -0.25) is 4.79 Å². The molecule has 0 unspecified atom stereocenters. The molecule has 0 spiro atoms. The molecule has 0 bridgehead atoms. The molecule has 3 aromatic rings. The summed E-state index contributed by atoms with van der Waals surface area (Å²) < 4.78 is 6.91. The fraction of sp³-hybridized carbons (Fsp3) is 0.176. The number of aromatic nitrogens is 2. The third kappa shape index (κ3) is 2.71. The smallest absolute Gasteiger partial charge is 0.280 e. The Kier molecular flexibility index (Phi) is 3.89. The molecule has 2 aromatic carbocycles. The monoisotopic (exact) mass is 296 g/mol. The van der Waals surface area contributed by atoms with Crippen LogP contribution in [0.4, 0.5) is 0 Å². The third-order valence-corrected chi connectivity index (χ3v) is 3.61. The molecule has 1 aromatic heterocycles. The van der Waals surface area contributed by atoms with Crippen molar-refractivity contribution in [3.63, 3.8) is 0 Å². The number of benzene rings is 2. The maximum Gasteiger partial charge on any atom is 0.280 e. The lowest BCUT2D eigenvalue weighted by Crippen LogP contribution is -2.16. The van der Waals surface area contributed by atoms with Gasteiger partial charge in [-0.2, -0.15) is 4.98 Å². The van der Waals surface area contributed by atoms with Gasteiger partial charge in [-0.25, -0.2) is 0 Å². The summed E-state index contributed by atoms with van der Waals surface area (Å²) in [5, 5.41) is 10.8. The van der Waals surface area contributed by atoms with Gasteiger partial charge in [-0.15, -0.1) is 0 Å². The van der Waals surface area contributed by atoms with Crippen LogP contribution in [0.3, 0.4) is 0 Å². The Morgan fingerprint density at radius 3 is 2.73 bits per heavy atom. The van der Waals surface area contributed by atoms with E-state index in [0.29, 0.717) is 17.7 Å². The summed E-state index contributed by atoms with van der Waals surface area (Å²) in [4.78, 5) is 15.8. The van der Waals surface area contributed by atoms with Crippen molar-refractivity contribution in [1.29, 1.82) is 0 Å². The van der Waals surface area contributed by atoms with Crippen molar-refractivity contribution in [2.45, 2.75) is 12.6 Å². The van der Waals surface area contributed by atoms with Gasteiger partial charge in [-0.1, -0.05) is 30.3 Å². The lowest BCUT2D eigenvalue weighted by atomic mass is 10.1. The van der Waals surface area contributed by atoms with Crippen LogP contribution in [-0.4, -0.2) is 21.8 Å². The highest BCUT2D eigenvalue weighted by molar-refractivity contribution is 5.79. The average molecular weight is 296 g/mol. The first kappa shape index (κ1) is 14.3. The SMILES string of the molecule is COc1ccc2c(c1)c(=O)ncn2C[C@@H](O)c1ccccc1. The van der Waals surface area contributed by atoms with E-state index in [-0.39, 0.29) is 5.56 Å². The Hall–Kier alpha value is -2.66. The minimum Gasteiger partial charge on any atom is -0.497 e. The molecule has 0 amide bonds. The molecule has 0 aliphatic heterocycles. The van der Waals surface area contributed by atoms with Gasteiger partial charge in [0.25, 0.3) is 5.56 Å². The molecule has 0 saturated heterocycles. The number of hydrogen-bond acceptors (Lipinski definition) is 4. The van der Waals surface area contributed by atoms with Crippen LogP contribution in [0.25, 0.3) is 10.9 Å². The number of hydrogen-bond donors (Lipinski definition) is 1. The lowest BCUT2D eigenvalue weighted by molar-refractivity contribution is 0.157. The summed E-state index contributed by atoms with van der Waals surface area (Å²) in [5.74, 6) is 0.604.